The zero-order valence-corrected chi connectivity index (χ0v) is 15.2. The summed E-state index contributed by atoms with van der Waals surface area (Å²) >= 11 is 1.60. The number of nitrogens with zero attached hydrogens (tertiary/aromatic N) is 2. The lowest BCUT2D eigenvalue weighted by molar-refractivity contribution is -0.140. The van der Waals surface area contributed by atoms with Crippen molar-refractivity contribution in [2.24, 2.45) is 0 Å². The third kappa shape index (κ3) is 3.24. The maximum atomic E-state index is 12.5. The minimum absolute atomic E-state index is 0.357. The SMILES string of the molecule is CCCc1nc(-c2ccc3c(c2)N(C(C)C(=O)O)C(=O)C(C)O3)cs1. The van der Waals surface area contributed by atoms with Gasteiger partial charge < -0.3 is 9.84 Å². The Balaban J connectivity index is 2.04. The van der Waals surface area contributed by atoms with Crippen LogP contribution in [0.25, 0.3) is 11.3 Å². The summed E-state index contributed by atoms with van der Waals surface area (Å²) in [6.07, 6.45) is 1.24. The van der Waals surface area contributed by atoms with E-state index in [9.17, 15) is 14.7 Å². The Morgan fingerprint density at radius 3 is 2.92 bits per heavy atom. The lowest BCUT2D eigenvalue weighted by atomic mass is 10.1. The van der Waals surface area contributed by atoms with E-state index in [4.69, 9.17) is 4.74 Å². The highest BCUT2D eigenvalue weighted by molar-refractivity contribution is 7.09. The van der Waals surface area contributed by atoms with Crippen molar-refractivity contribution in [2.75, 3.05) is 4.90 Å². The Bertz CT molecular complexity index is 817. The van der Waals surface area contributed by atoms with E-state index in [2.05, 4.69) is 11.9 Å². The number of carbonyl (C=O) groups is 2. The van der Waals surface area contributed by atoms with Gasteiger partial charge in [-0.2, -0.15) is 0 Å². The highest BCUT2D eigenvalue weighted by atomic mass is 32.1. The summed E-state index contributed by atoms with van der Waals surface area (Å²) < 4.78 is 5.64. The second-order valence-corrected chi connectivity index (χ2v) is 6.98. The smallest absolute Gasteiger partial charge is 0.326 e. The third-order valence-corrected chi connectivity index (χ3v) is 5.07. The van der Waals surface area contributed by atoms with Crippen LogP contribution in [0.5, 0.6) is 5.75 Å². The molecule has 0 saturated carbocycles. The fourth-order valence-electron chi connectivity index (χ4n) is 2.80. The van der Waals surface area contributed by atoms with Gasteiger partial charge >= 0.3 is 5.97 Å². The summed E-state index contributed by atoms with van der Waals surface area (Å²) in [6.45, 7) is 5.23. The molecule has 1 aliphatic rings. The first kappa shape index (κ1) is 17.4. The van der Waals surface area contributed by atoms with E-state index in [0.29, 0.717) is 11.4 Å². The Kier molecular flexibility index (Phi) is 4.76. The zero-order chi connectivity index (χ0) is 18.1. The van der Waals surface area contributed by atoms with Crippen LogP contribution in [0, 0.1) is 0 Å². The molecule has 1 aliphatic heterocycles. The molecule has 132 valence electrons. The minimum Gasteiger partial charge on any atom is -0.480 e. The van der Waals surface area contributed by atoms with Crippen LogP contribution in [0.2, 0.25) is 0 Å². The number of fused-ring (bicyclic) bond motifs is 1. The number of benzene rings is 1. The number of aromatic nitrogens is 1. The number of amides is 1. The number of carboxylic acids is 1. The zero-order valence-electron chi connectivity index (χ0n) is 14.4. The number of thiazole rings is 1. The van der Waals surface area contributed by atoms with Gasteiger partial charge in [-0.15, -0.1) is 11.3 Å². The number of hydrogen-bond acceptors (Lipinski definition) is 5. The molecule has 2 unspecified atom stereocenters. The average Bonchev–Trinajstić information content (AvgIpc) is 3.04. The topological polar surface area (TPSA) is 79.7 Å². The van der Waals surface area contributed by atoms with Gasteiger partial charge in [0.05, 0.1) is 16.4 Å². The van der Waals surface area contributed by atoms with Crippen LogP contribution < -0.4 is 9.64 Å². The minimum atomic E-state index is -1.06. The van der Waals surface area contributed by atoms with Crippen LogP contribution in [0.1, 0.15) is 32.2 Å². The first-order valence-electron chi connectivity index (χ1n) is 8.23. The average molecular weight is 360 g/mol. The summed E-state index contributed by atoms with van der Waals surface area (Å²) in [7, 11) is 0. The van der Waals surface area contributed by atoms with E-state index in [1.54, 1.807) is 30.4 Å². The van der Waals surface area contributed by atoms with Crippen LogP contribution >= 0.6 is 11.3 Å². The number of aryl methyl sites for hydroxylation is 1. The highest BCUT2D eigenvalue weighted by Gasteiger charge is 2.37. The lowest BCUT2D eigenvalue weighted by Crippen LogP contribution is -2.51. The molecule has 1 amide bonds. The maximum Gasteiger partial charge on any atom is 0.326 e. The van der Waals surface area contributed by atoms with Crippen molar-refractivity contribution in [2.45, 2.75) is 45.8 Å². The Labute approximate surface area is 150 Å². The molecule has 2 aromatic rings. The number of rotatable bonds is 5. The normalized spacial score (nSPS) is 17.8. The molecule has 0 spiro atoms. The highest BCUT2D eigenvalue weighted by Crippen LogP contribution is 2.38. The van der Waals surface area contributed by atoms with Crippen LogP contribution in [-0.2, 0) is 16.0 Å². The molecule has 3 rings (SSSR count). The van der Waals surface area contributed by atoms with E-state index in [-0.39, 0.29) is 5.91 Å². The number of hydrogen-bond donors (Lipinski definition) is 1. The van der Waals surface area contributed by atoms with Gasteiger partial charge in [0.1, 0.15) is 11.8 Å². The Morgan fingerprint density at radius 2 is 2.24 bits per heavy atom. The Hall–Kier alpha value is -2.41. The fraction of sp³-hybridized carbons (Fsp3) is 0.389. The monoisotopic (exact) mass is 360 g/mol. The Morgan fingerprint density at radius 1 is 1.48 bits per heavy atom. The van der Waals surface area contributed by atoms with Gasteiger partial charge in [-0.3, -0.25) is 9.69 Å². The molecule has 0 aliphatic carbocycles. The molecule has 2 heterocycles. The van der Waals surface area contributed by atoms with Gasteiger partial charge in [0.2, 0.25) is 0 Å². The van der Waals surface area contributed by atoms with Crippen molar-refractivity contribution in [1.29, 1.82) is 0 Å². The summed E-state index contributed by atoms with van der Waals surface area (Å²) in [5.41, 5.74) is 2.14. The van der Waals surface area contributed by atoms with E-state index in [1.807, 2.05) is 11.4 Å². The second kappa shape index (κ2) is 6.84. The van der Waals surface area contributed by atoms with E-state index >= 15 is 0 Å². The van der Waals surface area contributed by atoms with Gasteiger partial charge in [-0.1, -0.05) is 6.92 Å². The standard InChI is InChI=1S/C18H20N2O4S/c1-4-5-16-19-13(9-25-16)12-6-7-15-14(8-12)20(10(2)18(22)23)17(21)11(3)24-15/h6-11H,4-5H2,1-3H3,(H,22,23). The molecule has 0 saturated heterocycles. The lowest BCUT2D eigenvalue weighted by Gasteiger charge is -2.35. The molecule has 25 heavy (non-hydrogen) atoms. The predicted octanol–water partition coefficient (Wildman–Crippen LogP) is 3.35. The van der Waals surface area contributed by atoms with Crippen LogP contribution in [-0.4, -0.2) is 34.1 Å². The molecular weight excluding hydrogens is 340 g/mol. The van der Waals surface area contributed by atoms with Gasteiger partial charge in [0.15, 0.2) is 6.10 Å². The molecule has 2 atom stereocenters. The number of ether oxygens (including phenoxy) is 1. The van der Waals surface area contributed by atoms with E-state index < -0.39 is 18.1 Å². The fourth-order valence-corrected chi connectivity index (χ4v) is 3.71. The summed E-state index contributed by atoms with van der Waals surface area (Å²) in [4.78, 5) is 29.9. The third-order valence-electron chi connectivity index (χ3n) is 4.16. The molecule has 7 heteroatoms. The molecule has 6 nitrogen and oxygen atoms in total. The van der Waals surface area contributed by atoms with Crippen molar-refractivity contribution in [3.8, 4) is 17.0 Å². The van der Waals surface area contributed by atoms with E-state index in [1.165, 1.54) is 11.8 Å². The molecule has 1 aromatic carbocycles. The first-order valence-corrected chi connectivity index (χ1v) is 9.11. The summed E-state index contributed by atoms with van der Waals surface area (Å²) in [6, 6.07) is 4.46. The molecule has 0 fully saturated rings. The number of carbonyl (C=O) groups excluding carboxylic acids is 1. The van der Waals surface area contributed by atoms with Gasteiger partial charge in [0.25, 0.3) is 5.91 Å². The first-order chi connectivity index (χ1) is 11.9. The van der Waals surface area contributed by atoms with Crippen molar-refractivity contribution < 1.29 is 19.4 Å². The second-order valence-electron chi connectivity index (χ2n) is 6.04. The van der Waals surface area contributed by atoms with Crippen LogP contribution in [0.15, 0.2) is 23.6 Å². The molecule has 0 radical (unpaired) electrons. The van der Waals surface area contributed by atoms with Gasteiger partial charge in [-0.05, 0) is 44.9 Å². The predicted molar refractivity (Wildman–Crippen MR) is 96.2 cm³/mol. The van der Waals surface area contributed by atoms with Crippen LogP contribution in [0.3, 0.4) is 0 Å². The van der Waals surface area contributed by atoms with Crippen molar-refractivity contribution in [1.82, 2.24) is 4.98 Å². The van der Waals surface area contributed by atoms with Crippen molar-refractivity contribution in [3.63, 3.8) is 0 Å². The van der Waals surface area contributed by atoms with Crippen molar-refractivity contribution >= 4 is 28.9 Å². The van der Waals surface area contributed by atoms with Crippen LogP contribution in [0.4, 0.5) is 5.69 Å². The van der Waals surface area contributed by atoms with Gasteiger partial charge in [-0.25, -0.2) is 9.78 Å². The summed E-state index contributed by atoms with van der Waals surface area (Å²) in [5, 5.41) is 12.4. The molecule has 1 N–H and O–H groups in total. The maximum absolute atomic E-state index is 12.5. The quantitative estimate of drug-likeness (QED) is 0.884. The van der Waals surface area contributed by atoms with E-state index in [0.717, 1.165) is 29.1 Å². The molecule has 1 aromatic heterocycles. The van der Waals surface area contributed by atoms with Crippen molar-refractivity contribution in [3.05, 3.63) is 28.6 Å². The number of carboxylic acid groups (broad SMARTS) is 1. The van der Waals surface area contributed by atoms with Gasteiger partial charge in [0, 0.05) is 10.9 Å². The molecular formula is C18H20N2O4S. The summed E-state index contributed by atoms with van der Waals surface area (Å²) in [5.74, 6) is -0.907. The number of aliphatic carboxylic acids is 1. The largest absolute Gasteiger partial charge is 0.480 e. The number of anilines is 1. The molecule has 0 bridgehead atoms.